The molecule has 0 spiro atoms. The molecule has 0 N–H and O–H groups in total. The molecule has 0 saturated heterocycles. The summed E-state index contributed by atoms with van der Waals surface area (Å²) in [5.74, 6) is 0.474. The molecule has 0 aliphatic rings. The third kappa shape index (κ3) is 3.62. The minimum absolute atomic E-state index is 0.0473. The molecule has 0 fully saturated rings. The van der Waals surface area contributed by atoms with Gasteiger partial charge >= 0.3 is 131 Å². The van der Waals surface area contributed by atoms with Crippen molar-refractivity contribution < 1.29 is 8.78 Å². The Labute approximate surface area is 131 Å². The summed E-state index contributed by atoms with van der Waals surface area (Å²) in [7, 11) is 0. The molecular weight excluding hydrogens is 388 g/mol. The second-order valence-electron chi connectivity index (χ2n) is 5.36. The van der Waals surface area contributed by atoms with Crippen molar-refractivity contribution in [3.05, 3.63) is 41.5 Å². The third-order valence-corrected chi connectivity index (χ3v) is 8.76. The van der Waals surface area contributed by atoms with Crippen LogP contribution in [0.15, 0.2) is 12.1 Å². The average molecular weight is 406 g/mol. The molecule has 0 nitrogen and oxygen atoms in total. The van der Waals surface area contributed by atoms with Crippen molar-refractivity contribution >= 4 is 41.2 Å². The molecule has 0 amide bonds. The summed E-state index contributed by atoms with van der Waals surface area (Å²) in [6, 6.07) is 3.29. The molecule has 2 aromatic heterocycles. The van der Waals surface area contributed by atoms with Crippen LogP contribution in [0.3, 0.4) is 0 Å². The normalized spacial score (nSPS) is 12.2. The van der Waals surface area contributed by atoms with Gasteiger partial charge in [-0.15, -0.1) is 0 Å². The predicted molar refractivity (Wildman–Crippen MR) is 83.8 cm³/mol. The first-order chi connectivity index (χ1) is 9.38. The summed E-state index contributed by atoms with van der Waals surface area (Å²) in [5.41, 5.74) is 0. The molecule has 20 heavy (non-hydrogen) atoms. The fraction of sp³-hybridized carbons (Fsp3) is 0.375. The van der Waals surface area contributed by atoms with Gasteiger partial charge in [0.25, 0.3) is 0 Å². The molecule has 0 radical (unpaired) electrons. The molecule has 0 aliphatic heterocycles. The Bertz CT molecular complexity index is 564. The van der Waals surface area contributed by atoms with Gasteiger partial charge in [-0.1, -0.05) is 0 Å². The molecule has 0 aliphatic carbocycles. The summed E-state index contributed by atoms with van der Waals surface area (Å²) in [5, 5.41) is 0. The van der Waals surface area contributed by atoms with E-state index in [-0.39, 0.29) is 40.6 Å². The molecule has 108 valence electrons. The van der Waals surface area contributed by atoms with E-state index in [0.29, 0.717) is 11.8 Å². The SMILES string of the molecule is CC(C)c1cc(F)c(/C=C/c2[se]c(C(C)C)cc2F)[se]1. The summed E-state index contributed by atoms with van der Waals surface area (Å²) in [4.78, 5) is 0. The summed E-state index contributed by atoms with van der Waals surface area (Å²) in [6.45, 7) is 8.31. The Hall–Kier alpha value is -0.401. The van der Waals surface area contributed by atoms with Gasteiger partial charge in [-0.2, -0.15) is 0 Å². The Morgan fingerprint density at radius 2 is 1.15 bits per heavy atom. The van der Waals surface area contributed by atoms with Crippen molar-refractivity contribution in [2.45, 2.75) is 39.5 Å². The zero-order chi connectivity index (χ0) is 14.9. The van der Waals surface area contributed by atoms with E-state index in [2.05, 4.69) is 27.7 Å². The van der Waals surface area contributed by atoms with Crippen molar-refractivity contribution in [2.75, 3.05) is 0 Å². The zero-order valence-corrected chi connectivity index (χ0v) is 15.5. The average Bonchev–Trinajstić information content (AvgIpc) is 2.91. The fourth-order valence-corrected chi connectivity index (χ4v) is 5.71. The van der Waals surface area contributed by atoms with Gasteiger partial charge in [0, 0.05) is 0 Å². The van der Waals surface area contributed by atoms with Crippen LogP contribution in [0.2, 0.25) is 0 Å². The van der Waals surface area contributed by atoms with Crippen LogP contribution in [0, 0.1) is 11.6 Å². The van der Waals surface area contributed by atoms with E-state index in [0.717, 1.165) is 8.87 Å². The molecule has 2 heterocycles. The molecule has 0 saturated carbocycles. The third-order valence-electron chi connectivity index (χ3n) is 2.99. The Morgan fingerprint density at radius 1 is 0.800 bits per heavy atom. The van der Waals surface area contributed by atoms with Gasteiger partial charge in [0.2, 0.25) is 0 Å². The van der Waals surface area contributed by atoms with Crippen LogP contribution in [0.4, 0.5) is 8.78 Å². The van der Waals surface area contributed by atoms with Gasteiger partial charge in [-0.3, -0.25) is 0 Å². The summed E-state index contributed by atoms with van der Waals surface area (Å²) in [6.07, 6.45) is 3.55. The van der Waals surface area contributed by atoms with Gasteiger partial charge in [0.1, 0.15) is 0 Å². The van der Waals surface area contributed by atoms with Crippen molar-refractivity contribution in [1.29, 1.82) is 0 Å². The van der Waals surface area contributed by atoms with Crippen LogP contribution in [-0.4, -0.2) is 29.0 Å². The Balaban J connectivity index is 2.25. The molecule has 0 bridgehead atoms. The van der Waals surface area contributed by atoms with Crippen molar-refractivity contribution in [3.8, 4) is 0 Å². The quantitative estimate of drug-likeness (QED) is 0.657. The number of halogens is 2. The van der Waals surface area contributed by atoms with Crippen LogP contribution >= 0.6 is 0 Å². The molecule has 4 heteroatoms. The molecular formula is C16H18F2Se2. The standard InChI is InChI=1S/C16H18F2Se2/c1-9(2)15-7-11(17)13(19-15)5-6-14-12(18)8-16(20-14)10(3)4/h5-10H,1-4H3/b6-5+. The first-order valence-electron chi connectivity index (χ1n) is 6.65. The number of rotatable bonds is 4. The molecule has 0 aromatic carbocycles. The van der Waals surface area contributed by atoms with E-state index in [4.69, 9.17) is 0 Å². The first kappa shape index (κ1) is 16.0. The van der Waals surface area contributed by atoms with E-state index in [1.807, 2.05) is 0 Å². The first-order valence-corrected chi connectivity index (χ1v) is 10.1. The topological polar surface area (TPSA) is 0 Å². The second kappa shape index (κ2) is 6.58. The van der Waals surface area contributed by atoms with E-state index in [9.17, 15) is 8.78 Å². The molecule has 0 atom stereocenters. The maximum absolute atomic E-state index is 13.8. The monoisotopic (exact) mass is 408 g/mol. The van der Waals surface area contributed by atoms with Crippen LogP contribution < -0.4 is 0 Å². The van der Waals surface area contributed by atoms with Gasteiger partial charge < -0.3 is 0 Å². The van der Waals surface area contributed by atoms with E-state index < -0.39 is 0 Å². The molecule has 2 aromatic rings. The molecule has 0 unspecified atom stereocenters. The number of hydrogen-bond donors (Lipinski definition) is 0. The maximum atomic E-state index is 13.8. The molecule has 2 rings (SSSR count). The number of hydrogen-bond acceptors (Lipinski definition) is 0. The van der Waals surface area contributed by atoms with E-state index in [1.54, 1.807) is 24.3 Å². The van der Waals surface area contributed by atoms with Gasteiger partial charge in [-0.25, -0.2) is 0 Å². The fourth-order valence-electron chi connectivity index (χ4n) is 1.75. The van der Waals surface area contributed by atoms with Crippen LogP contribution in [0.25, 0.3) is 12.2 Å². The minimum atomic E-state index is -0.145. The van der Waals surface area contributed by atoms with E-state index >= 15 is 0 Å². The summed E-state index contributed by atoms with van der Waals surface area (Å²) >= 11 is 0.0946. The van der Waals surface area contributed by atoms with Crippen LogP contribution in [-0.2, 0) is 0 Å². The zero-order valence-electron chi connectivity index (χ0n) is 12.0. The Kier molecular flexibility index (Phi) is 5.25. The van der Waals surface area contributed by atoms with Crippen molar-refractivity contribution in [2.24, 2.45) is 0 Å². The summed E-state index contributed by atoms with van der Waals surface area (Å²) < 4.78 is 31.4. The Morgan fingerprint density at radius 3 is 1.40 bits per heavy atom. The van der Waals surface area contributed by atoms with Gasteiger partial charge in [0.15, 0.2) is 0 Å². The second-order valence-corrected chi connectivity index (χ2v) is 10.0. The van der Waals surface area contributed by atoms with Crippen molar-refractivity contribution in [1.82, 2.24) is 0 Å². The van der Waals surface area contributed by atoms with E-state index in [1.165, 1.54) is 8.87 Å². The van der Waals surface area contributed by atoms with Gasteiger partial charge in [-0.05, 0) is 0 Å². The van der Waals surface area contributed by atoms with Gasteiger partial charge in [0.05, 0.1) is 0 Å². The van der Waals surface area contributed by atoms with Crippen molar-refractivity contribution in [3.63, 3.8) is 0 Å². The van der Waals surface area contributed by atoms with Crippen LogP contribution in [0.1, 0.15) is 57.3 Å². The van der Waals surface area contributed by atoms with Crippen LogP contribution in [0.5, 0.6) is 0 Å². The predicted octanol–water partition coefficient (Wildman–Crippen LogP) is 4.50.